The van der Waals surface area contributed by atoms with Crippen molar-refractivity contribution < 1.29 is 23.7 Å². The molecule has 2 N–H and O–H groups in total. The van der Waals surface area contributed by atoms with Gasteiger partial charge in [-0.15, -0.1) is 0 Å². The Kier molecular flexibility index (Phi) is 15.9. The number of methoxy groups -OCH3 is 1. The number of H-pyrrole nitrogens is 1. The molecule has 0 unspecified atom stereocenters. The number of rotatable bonds is 17. The molecule has 0 aliphatic carbocycles. The fourth-order valence-corrected chi connectivity index (χ4v) is 5.24. The molecule has 1 aliphatic heterocycles. The molecule has 3 heterocycles. The molecule has 0 spiro atoms. The van der Waals surface area contributed by atoms with Gasteiger partial charge in [-0.25, -0.2) is 9.97 Å². The zero-order valence-corrected chi connectivity index (χ0v) is 30.0. The lowest BCUT2D eigenvalue weighted by Gasteiger charge is -2.34. The largest absolute Gasteiger partial charge is 0.379 e. The number of nitrogens with one attached hydrogen (secondary N) is 2. The third-order valence-electron chi connectivity index (χ3n) is 8.06. The highest BCUT2D eigenvalue weighted by Crippen LogP contribution is 2.28. The first kappa shape index (κ1) is 38.4. The first-order valence-corrected chi connectivity index (χ1v) is 17.2. The van der Waals surface area contributed by atoms with Crippen molar-refractivity contribution in [2.24, 2.45) is 0 Å². The minimum atomic E-state index is 0.0417. The van der Waals surface area contributed by atoms with Crippen molar-refractivity contribution in [3.05, 3.63) is 77.1 Å². The van der Waals surface area contributed by atoms with E-state index >= 15 is 0 Å². The molecule has 0 amide bonds. The van der Waals surface area contributed by atoms with Crippen LogP contribution in [0.25, 0.3) is 22.3 Å². The van der Waals surface area contributed by atoms with Crippen LogP contribution in [0, 0.1) is 0 Å². The van der Waals surface area contributed by atoms with Gasteiger partial charge in [-0.1, -0.05) is 54.1 Å². The van der Waals surface area contributed by atoms with Gasteiger partial charge in [0.15, 0.2) is 0 Å². The Morgan fingerprint density at radius 2 is 1.55 bits per heavy atom. The molecule has 12 heteroatoms. The molecule has 266 valence electrons. The van der Waals surface area contributed by atoms with Crippen LogP contribution in [-0.2, 0) is 36.8 Å². The van der Waals surface area contributed by atoms with Gasteiger partial charge >= 0.3 is 0 Å². The number of anilines is 1. The van der Waals surface area contributed by atoms with E-state index in [1.165, 1.54) is 5.56 Å². The number of hydrogen-bond donors (Lipinski definition) is 2. The van der Waals surface area contributed by atoms with E-state index < -0.39 is 0 Å². The second-order valence-electron chi connectivity index (χ2n) is 12.7. The number of nitrogens with zero attached hydrogens (tertiary/aromatic N) is 4. The lowest BCUT2D eigenvalue weighted by Crippen LogP contribution is -2.46. The van der Waals surface area contributed by atoms with Crippen molar-refractivity contribution in [1.82, 2.24) is 24.8 Å². The Bertz CT molecular complexity index is 1540. The predicted octanol–water partition coefficient (Wildman–Crippen LogP) is 5.69. The lowest BCUT2D eigenvalue weighted by molar-refractivity contribution is -0.112. The van der Waals surface area contributed by atoms with Crippen molar-refractivity contribution in [2.45, 2.75) is 39.5 Å². The summed E-state index contributed by atoms with van der Waals surface area (Å²) >= 11 is 6.32. The van der Waals surface area contributed by atoms with E-state index in [9.17, 15) is 4.79 Å². The van der Waals surface area contributed by atoms with Crippen LogP contribution in [0.4, 0.5) is 5.82 Å². The third kappa shape index (κ3) is 13.4. The van der Waals surface area contributed by atoms with Gasteiger partial charge in [0.25, 0.3) is 0 Å². The molecule has 0 radical (unpaired) electrons. The van der Waals surface area contributed by atoms with E-state index in [0.717, 1.165) is 84.2 Å². The molecular weight excluding hydrogens is 644 g/mol. The Balaban J connectivity index is 0.000000827. The number of carbonyl (C=O) groups excluding carboxylic acids is 1. The van der Waals surface area contributed by atoms with Gasteiger partial charge in [0.05, 0.1) is 44.0 Å². The lowest BCUT2D eigenvalue weighted by atomic mass is 10.1. The van der Waals surface area contributed by atoms with Gasteiger partial charge in [0.1, 0.15) is 30.7 Å². The highest BCUT2D eigenvalue weighted by Gasteiger charge is 2.17. The molecule has 49 heavy (non-hydrogen) atoms. The number of benzene rings is 2. The number of piperazine rings is 1. The maximum absolute atomic E-state index is 10.2. The molecular formula is C37H51ClN6O5. The monoisotopic (exact) mass is 694 g/mol. The maximum Gasteiger partial charge on any atom is 0.145 e. The summed E-state index contributed by atoms with van der Waals surface area (Å²) in [6, 6.07) is 18.7. The standard InChI is InChI=1S/C32H39ClN6O4.C5H12O/c33-29-4-2-1-3-27(29)22-34-31-28-21-30(37-32(28)36-24-35-31)26-7-5-25(6-8-26)23-39-11-9-38(10-12-39)13-15-41-17-19-43-20-18-42-16-14-40;1-5(2,3)6-4/h1-8,14,21,24H,9-13,15-20,22-23H2,(H2,34,35,36,37);1-4H3. The van der Waals surface area contributed by atoms with Crippen molar-refractivity contribution >= 4 is 34.7 Å². The molecule has 1 saturated heterocycles. The molecule has 1 fully saturated rings. The predicted molar refractivity (Wildman–Crippen MR) is 195 cm³/mol. The van der Waals surface area contributed by atoms with Gasteiger partial charge < -0.3 is 34.0 Å². The summed E-state index contributed by atoms with van der Waals surface area (Å²) in [5.74, 6) is 0.776. The summed E-state index contributed by atoms with van der Waals surface area (Å²) in [5.41, 5.74) is 5.28. The first-order valence-electron chi connectivity index (χ1n) is 16.8. The summed E-state index contributed by atoms with van der Waals surface area (Å²) in [7, 11) is 1.71. The number of aromatic nitrogens is 3. The SMILES string of the molecule is COC(C)(C)C.O=CCOCCOCCOCCN1CCN(Cc2ccc(-c3cc4c(NCc5ccccc5Cl)ncnc4[nH]3)cc2)CC1. The number of aromatic amines is 1. The van der Waals surface area contributed by atoms with Crippen LogP contribution >= 0.6 is 11.6 Å². The highest BCUT2D eigenvalue weighted by atomic mass is 35.5. The Hall–Kier alpha value is -3.42. The van der Waals surface area contributed by atoms with Gasteiger partial charge in [0.2, 0.25) is 0 Å². The van der Waals surface area contributed by atoms with Crippen LogP contribution in [0.3, 0.4) is 0 Å². The summed E-state index contributed by atoms with van der Waals surface area (Å²) in [4.78, 5) is 27.5. The van der Waals surface area contributed by atoms with Gasteiger partial charge in [-0.2, -0.15) is 0 Å². The quantitative estimate of drug-likeness (QED) is 0.106. The molecule has 2 aromatic heterocycles. The fourth-order valence-electron chi connectivity index (χ4n) is 5.04. The molecule has 1 aliphatic rings. The summed E-state index contributed by atoms with van der Waals surface area (Å²) in [5, 5.41) is 5.09. The molecule has 4 aromatic rings. The van der Waals surface area contributed by atoms with Crippen molar-refractivity contribution in [3.63, 3.8) is 0 Å². The van der Waals surface area contributed by atoms with E-state index in [1.54, 1.807) is 13.4 Å². The zero-order valence-electron chi connectivity index (χ0n) is 29.3. The second kappa shape index (κ2) is 20.3. The molecule has 0 saturated carbocycles. The van der Waals surface area contributed by atoms with E-state index in [0.29, 0.717) is 39.6 Å². The second-order valence-corrected chi connectivity index (χ2v) is 13.1. The van der Waals surface area contributed by atoms with Crippen molar-refractivity contribution in [1.29, 1.82) is 0 Å². The van der Waals surface area contributed by atoms with Crippen LogP contribution in [0.15, 0.2) is 60.9 Å². The molecule has 0 atom stereocenters. The Morgan fingerprint density at radius 3 is 2.22 bits per heavy atom. The molecule has 5 rings (SSSR count). The minimum absolute atomic E-state index is 0.0417. The summed E-state index contributed by atoms with van der Waals surface area (Å²) < 4.78 is 21.1. The average Bonchev–Trinajstić information content (AvgIpc) is 3.55. The average molecular weight is 695 g/mol. The third-order valence-corrected chi connectivity index (χ3v) is 8.43. The minimum Gasteiger partial charge on any atom is -0.379 e. The number of halogens is 1. The number of aldehydes is 1. The van der Waals surface area contributed by atoms with E-state index in [4.69, 9.17) is 30.5 Å². The van der Waals surface area contributed by atoms with Crippen LogP contribution in [0.2, 0.25) is 5.02 Å². The molecule has 0 bridgehead atoms. The van der Waals surface area contributed by atoms with Gasteiger partial charge in [0, 0.05) is 63.6 Å². The summed E-state index contributed by atoms with van der Waals surface area (Å²) in [6.45, 7) is 15.5. The van der Waals surface area contributed by atoms with Crippen LogP contribution in [-0.4, -0.2) is 116 Å². The number of ether oxygens (including phenoxy) is 4. The van der Waals surface area contributed by atoms with Crippen molar-refractivity contribution in [2.75, 3.05) is 84.8 Å². The highest BCUT2D eigenvalue weighted by molar-refractivity contribution is 6.31. The topological polar surface area (TPSA) is 114 Å². The van der Waals surface area contributed by atoms with E-state index in [1.807, 2.05) is 45.0 Å². The van der Waals surface area contributed by atoms with Crippen LogP contribution < -0.4 is 5.32 Å². The van der Waals surface area contributed by atoms with E-state index in [2.05, 4.69) is 60.4 Å². The zero-order chi connectivity index (χ0) is 34.9. The smallest absolute Gasteiger partial charge is 0.145 e. The normalized spacial score (nSPS) is 14.1. The Morgan fingerprint density at radius 1 is 0.898 bits per heavy atom. The fraction of sp³-hybridized carbons (Fsp3) is 0.486. The van der Waals surface area contributed by atoms with Gasteiger partial charge in [-0.3, -0.25) is 9.80 Å². The first-order chi connectivity index (χ1) is 23.8. The van der Waals surface area contributed by atoms with E-state index in [-0.39, 0.29) is 12.2 Å². The Labute approximate surface area is 295 Å². The van der Waals surface area contributed by atoms with Crippen molar-refractivity contribution in [3.8, 4) is 11.3 Å². The molecule has 11 nitrogen and oxygen atoms in total. The molecule has 2 aromatic carbocycles. The summed E-state index contributed by atoms with van der Waals surface area (Å²) in [6.07, 6.45) is 2.31. The number of fused-ring (bicyclic) bond motifs is 1. The number of carbonyl (C=O) groups is 1. The maximum atomic E-state index is 10.2. The van der Waals surface area contributed by atoms with Crippen LogP contribution in [0.1, 0.15) is 31.9 Å². The number of hydrogen-bond acceptors (Lipinski definition) is 10. The van der Waals surface area contributed by atoms with Crippen LogP contribution in [0.5, 0.6) is 0 Å². The van der Waals surface area contributed by atoms with Gasteiger partial charge in [-0.05, 0) is 49.6 Å².